The molecule has 2 atom stereocenters. The number of hydrogen-bond donors (Lipinski definition) is 2. The summed E-state index contributed by atoms with van der Waals surface area (Å²) in [6.45, 7) is 4.66. The first-order valence-corrected chi connectivity index (χ1v) is 7.85. The number of rotatable bonds is 6. The molecule has 0 aromatic heterocycles. The van der Waals surface area contributed by atoms with Crippen molar-refractivity contribution in [1.82, 2.24) is 10.6 Å². The average Bonchev–Trinajstić information content (AvgIpc) is 2.94. The molecule has 2 unspecified atom stereocenters. The van der Waals surface area contributed by atoms with E-state index in [-0.39, 0.29) is 18.3 Å². The molecule has 21 heavy (non-hydrogen) atoms. The molecule has 0 spiro atoms. The standard InChI is InChI=1S/C15H21BrN2O2.ClH/c1-11(20-14-4-2-13(16)3-5-14)15(19)18-9-7-12-6-8-17-10-12;/h2-5,11-12,17H,6-10H2,1H3,(H,18,19);1H. The first kappa shape index (κ1) is 18.3. The topological polar surface area (TPSA) is 50.4 Å². The second-order valence-corrected chi connectivity index (χ2v) is 6.07. The third-order valence-electron chi connectivity index (χ3n) is 3.51. The predicted octanol–water partition coefficient (Wildman–Crippen LogP) is 2.75. The van der Waals surface area contributed by atoms with Crippen LogP contribution in [0.1, 0.15) is 19.8 Å². The molecular weight excluding hydrogens is 356 g/mol. The molecule has 2 N–H and O–H groups in total. The van der Waals surface area contributed by atoms with Gasteiger partial charge in [0.1, 0.15) is 5.75 Å². The maximum atomic E-state index is 11.9. The van der Waals surface area contributed by atoms with Crippen molar-refractivity contribution in [1.29, 1.82) is 0 Å². The maximum Gasteiger partial charge on any atom is 0.260 e. The molecule has 118 valence electrons. The van der Waals surface area contributed by atoms with E-state index in [0.717, 1.165) is 30.5 Å². The van der Waals surface area contributed by atoms with Crippen molar-refractivity contribution in [2.75, 3.05) is 19.6 Å². The first-order chi connectivity index (χ1) is 9.65. The Hall–Kier alpha value is -0.780. The van der Waals surface area contributed by atoms with Crippen molar-refractivity contribution in [3.05, 3.63) is 28.7 Å². The quantitative estimate of drug-likeness (QED) is 0.801. The van der Waals surface area contributed by atoms with Gasteiger partial charge in [-0.3, -0.25) is 4.79 Å². The Bertz CT molecular complexity index is 436. The van der Waals surface area contributed by atoms with Gasteiger partial charge in [-0.15, -0.1) is 12.4 Å². The van der Waals surface area contributed by atoms with Gasteiger partial charge >= 0.3 is 0 Å². The number of carbonyl (C=O) groups is 1. The Morgan fingerprint density at radius 2 is 2.19 bits per heavy atom. The zero-order valence-corrected chi connectivity index (χ0v) is 14.5. The lowest BCUT2D eigenvalue weighted by Crippen LogP contribution is -2.37. The summed E-state index contributed by atoms with van der Waals surface area (Å²) >= 11 is 3.37. The zero-order chi connectivity index (χ0) is 14.4. The van der Waals surface area contributed by atoms with Gasteiger partial charge in [0, 0.05) is 11.0 Å². The van der Waals surface area contributed by atoms with Gasteiger partial charge in [-0.05, 0) is 63.0 Å². The van der Waals surface area contributed by atoms with Crippen LogP contribution >= 0.6 is 28.3 Å². The number of carbonyl (C=O) groups excluding carboxylic acids is 1. The van der Waals surface area contributed by atoms with E-state index in [0.29, 0.717) is 11.7 Å². The zero-order valence-electron chi connectivity index (χ0n) is 12.1. The molecule has 1 aliphatic rings. The van der Waals surface area contributed by atoms with Crippen molar-refractivity contribution in [3.63, 3.8) is 0 Å². The van der Waals surface area contributed by atoms with Crippen LogP contribution in [-0.2, 0) is 4.79 Å². The Balaban J connectivity index is 0.00000220. The lowest BCUT2D eigenvalue weighted by molar-refractivity contribution is -0.127. The summed E-state index contributed by atoms with van der Waals surface area (Å²) in [4.78, 5) is 11.9. The van der Waals surface area contributed by atoms with Crippen LogP contribution in [0, 0.1) is 5.92 Å². The van der Waals surface area contributed by atoms with Crippen molar-refractivity contribution >= 4 is 34.2 Å². The molecule has 2 rings (SSSR count). The number of ether oxygens (including phenoxy) is 1. The minimum Gasteiger partial charge on any atom is -0.481 e. The number of benzene rings is 1. The molecule has 1 heterocycles. The lowest BCUT2D eigenvalue weighted by atomic mass is 10.1. The highest BCUT2D eigenvalue weighted by atomic mass is 79.9. The van der Waals surface area contributed by atoms with Gasteiger partial charge in [-0.1, -0.05) is 15.9 Å². The number of halogens is 2. The van der Waals surface area contributed by atoms with Crippen LogP contribution in [0.4, 0.5) is 0 Å². The molecule has 1 aromatic carbocycles. The van der Waals surface area contributed by atoms with E-state index >= 15 is 0 Å². The molecule has 6 heteroatoms. The van der Waals surface area contributed by atoms with Gasteiger partial charge in [-0.25, -0.2) is 0 Å². The highest BCUT2D eigenvalue weighted by Crippen LogP contribution is 2.17. The number of nitrogens with one attached hydrogen (secondary N) is 2. The van der Waals surface area contributed by atoms with Crippen molar-refractivity contribution in [3.8, 4) is 5.75 Å². The monoisotopic (exact) mass is 376 g/mol. The summed E-state index contributed by atoms with van der Waals surface area (Å²) in [7, 11) is 0. The molecule has 0 aliphatic carbocycles. The molecule has 1 saturated heterocycles. The number of hydrogen-bond acceptors (Lipinski definition) is 3. The van der Waals surface area contributed by atoms with Gasteiger partial charge in [0.2, 0.25) is 0 Å². The Labute approximate surface area is 140 Å². The lowest BCUT2D eigenvalue weighted by Gasteiger charge is -2.15. The normalized spacial score (nSPS) is 18.7. The first-order valence-electron chi connectivity index (χ1n) is 7.06. The van der Waals surface area contributed by atoms with Gasteiger partial charge < -0.3 is 15.4 Å². The van der Waals surface area contributed by atoms with Crippen molar-refractivity contribution < 1.29 is 9.53 Å². The van der Waals surface area contributed by atoms with Crippen LogP contribution in [0.2, 0.25) is 0 Å². The smallest absolute Gasteiger partial charge is 0.260 e. The summed E-state index contributed by atoms with van der Waals surface area (Å²) in [6, 6.07) is 7.48. The highest BCUT2D eigenvalue weighted by molar-refractivity contribution is 9.10. The van der Waals surface area contributed by atoms with Crippen LogP contribution in [0.15, 0.2) is 28.7 Å². The average molecular weight is 378 g/mol. The Kier molecular flexibility index (Phi) is 8.07. The highest BCUT2D eigenvalue weighted by Gasteiger charge is 2.17. The molecule has 0 saturated carbocycles. The number of amides is 1. The van der Waals surface area contributed by atoms with E-state index in [2.05, 4.69) is 26.6 Å². The summed E-state index contributed by atoms with van der Waals surface area (Å²) in [5, 5.41) is 6.27. The largest absolute Gasteiger partial charge is 0.481 e. The SMILES string of the molecule is CC(Oc1ccc(Br)cc1)C(=O)NCCC1CCNC1.Cl. The predicted molar refractivity (Wildman–Crippen MR) is 90.1 cm³/mol. The van der Waals surface area contributed by atoms with Crippen molar-refractivity contribution in [2.45, 2.75) is 25.9 Å². The minimum atomic E-state index is -0.474. The van der Waals surface area contributed by atoms with E-state index in [4.69, 9.17) is 4.74 Å². The molecule has 1 aliphatic heterocycles. The second-order valence-electron chi connectivity index (χ2n) is 5.15. The summed E-state index contributed by atoms with van der Waals surface area (Å²) in [5.41, 5.74) is 0. The molecule has 1 amide bonds. The fourth-order valence-electron chi connectivity index (χ4n) is 2.27. The molecule has 4 nitrogen and oxygen atoms in total. The van der Waals surface area contributed by atoms with Crippen LogP contribution in [0.5, 0.6) is 5.75 Å². The Morgan fingerprint density at radius 1 is 1.48 bits per heavy atom. The van der Waals surface area contributed by atoms with Crippen LogP contribution < -0.4 is 15.4 Å². The Morgan fingerprint density at radius 3 is 2.81 bits per heavy atom. The van der Waals surface area contributed by atoms with Gasteiger partial charge in [0.05, 0.1) is 0 Å². The maximum absolute atomic E-state index is 11.9. The van der Waals surface area contributed by atoms with Gasteiger partial charge in [-0.2, -0.15) is 0 Å². The fraction of sp³-hybridized carbons (Fsp3) is 0.533. The van der Waals surface area contributed by atoms with Gasteiger partial charge in [0.15, 0.2) is 6.10 Å². The van der Waals surface area contributed by atoms with E-state index in [9.17, 15) is 4.79 Å². The fourth-order valence-corrected chi connectivity index (χ4v) is 2.54. The summed E-state index contributed by atoms with van der Waals surface area (Å²) < 4.78 is 6.60. The molecular formula is C15H22BrClN2O2. The molecule has 0 bridgehead atoms. The van der Waals surface area contributed by atoms with Crippen molar-refractivity contribution in [2.24, 2.45) is 5.92 Å². The van der Waals surface area contributed by atoms with Gasteiger partial charge in [0.25, 0.3) is 5.91 Å². The molecule has 1 aromatic rings. The third kappa shape index (κ3) is 6.24. The molecule has 0 radical (unpaired) electrons. The van der Waals surface area contributed by atoms with Crippen LogP contribution in [-0.4, -0.2) is 31.6 Å². The van der Waals surface area contributed by atoms with E-state index in [1.165, 1.54) is 6.42 Å². The van der Waals surface area contributed by atoms with E-state index in [1.807, 2.05) is 24.3 Å². The van der Waals surface area contributed by atoms with Crippen LogP contribution in [0.3, 0.4) is 0 Å². The minimum absolute atomic E-state index is 0. The molecule has 1 fully saturated rings. The third-order valence-corrected chi connectivity index (χ3v) is 4.04. The summed E-state index contributed by atoms with van der Waals surface area (Å²) in [6.07, 6.45) is 1.77. The summed E-state index contributed by atoms with van der Waals surface area (Å²) in [5.74, 6) is 1.34. The van der Waals surface area contributed by atoms with E-state index < -0.39 is 6.10 Å². The van der Waals surface area contributed by atoms with Crippen LogP contribution in [0.25, 0.3) is 0 Å². The van der Waals surface area contributed by atoms with E-state index in [1.54, 1.807) is 6.92 Å². The second kappa shape index (κ2) is 9.28.